The van der Waals surface area contributed by atoms with E-state index in [1.807, 2.05) is 21.6 Å². The zero-order chi connectivity index (χ0) is 26.2. The molecule has 5 rings (SSSR count). The molecule has 2 aromatic heterocycles. The summed E-state index contributed by atoms with van der Waals surface area (Å²) in [6, 6.07) is 9.70. The van der Waals surface area contributed by atoms with E-state index in [1.54, 1.807) is 17.2 Å². The summed E-state index contributed by atoms with van der Waals surface area (Å²) in [4.78, 5) is 32.7. The van der Waals surface area contributed by atoms with Crippen LogP contribution >= 0.6 is 12.4 Å². The van der Waals surface area contributed by atoms with Crippen LogP contribution in [0, 0.1) is 5.92 Å². The smallest absolute Gasteiger partial charge is 0.481 e. The van der Waals surface area contributed by atoms with E-state index in [1.165, 1.54) is 18.2 Å². The zero-order valence-corrected chi connectivity index (χ0v) is 21.3. The third-order valence-electron chi connectivity index (χ3n) is 7.14. The van der Waals surface area contributed by atoms with Crippen LogP contribution in [0.25, 0.3) is 11.0 Å². The molecule has 38 heavy (non-hydrogen) atoms. The fraction of sp³-hybridized carbons (Fsp3) is 0.423. The molecule has 2 aliphatic heterocycles. The second kappa shape index (κ2) is 11.2. The van der Waals surface area contributed by atoms with Gasteiger partial charge in [0.1, 0.15) is 11.4 Å². The zero-order valence-electron chi connectivity index (χ0n) is 20.5. The minimum Gasteiger partial charge on any atom is -0.481 e. The second-order valence-corrected chi connectivity index (χ2v) is 9.54. The Morgan fingerprint density at radius 1 is 1.11 bits per heavy atom. The van der Waals surface area contributed by atoms with Crippen molar-refractivity contribution in [3.63, 3.8) is 0 Å². The molecule has 1 saturated heterocycles. The molecule has 0 spiro atoms. The molecule has 12 heteroatoms. The quantitative estimate of drug-likeness (QED) is 0.496. The number of benzene rings is 1. The summed E-state index contributed by atoms with van der Waals surface area (Å²) < 4.78 is 44.2. The van der Waals surface area contributed by atoms with E-state index < -0.39 is 12.3 Å². The number of rotatable bonds is 6. The van der Waals surface area contributed by atoms with Gasteiger partial charge < -0.3 is 19.3 Å². The van der Waals surface area contributed by atoms with Crippen LogP contribution < -0.4 is 4.74 Å². The summed E-state index contributed by atoms with van der Waals surface area (Å²) >= 11 is 0. The maximum absolute atomic E-state index is 13.2. The number of amides is 1. The molecule has 4 heterocycles. The number of aromatic nitrogens is 2. The average molecular weight is 553 g/mol. The van der Waals surface area contributed by atoms with Crippen molar-refractivity contribution in [2.24, 2.45) is 5.92 Å². The van der Waals surface area contributed by atoms with Gasteiger partial charge in [-0.2, -0.15) is 0 Å². The number of piperidine rings is 1. The van der Waals surface area contributed by atoms with Gasteiger partial charge in [-0.3, -0.25) is 14.5 Å². The van der Waals surface area contributed by atoms with Gasteiger partial charge in [-0.05, 0) is 67.7 Å². The van der Waals surface area contributed by atoms with Crippen LogP contribution in [-0.4, -0.2) is 68.9 Å². The largest absolute Gasteiger partial charge is 0.573 e. The molecule has 8 nitrogen and oxygen atoms in total. The molecule has 0 saturated carbocycles. The number of halogens is 4. The number of alkyl halides is 3. The van der Waals surface area contributed by atoms with Crippen molar-refractivity contribution in [3.8, 4) is 5.75 Å². The lowest BCUT2D eigenvalue weighted by Gasteiger charge is -2.33. The molecule has 0 aliphatic carbocycles. The van der Waals surface area contributed by atoms with E-state index in [-0.39, 0.29) is 43.1 Å². The minimum atomic E-state index is -4.77. The Balaban J connectivity index is 0.00000336. The monoisotopic (exact) mass is 552 g/mol. The van der Waals surface area contributed by atoms with Gasteiger partial charge in [-0.1, -0.05) is 12.1 Å². The van der Waals surface area contributed by atoms with Crippen LogP contribution in [0.15, 0.2) is 42.6 Å². The van der Waals surface area contributed by atoms with E-state index in [2.05, 4.69) is 9.72 Å². The molecular formula is C26H28ClF3N4O4. The number of pyridine rings is 1. The third-order valence-corrected chi connectivity index (χ3v) is 7.14. The lowest BCUT2D eigenvalue weighted by molar-refractivity contribution is -0.274. The lowest BCUT2D eigenvalue weighted by Crippen LogP contribution is -2.45. The van der Waals surface area contributed by atoms with E-state index in [9.17, 15) is 27.9 Å². The summed E-state index contributed by atoms with van der Waals surface area (Å²) in [5.74, 6) is -1.45. The number of carboxylic acids is 1. The highest BCUT2D eigenvalue weighted by Crippen LogP contribution is 2.31. The molecule has 3 aromatic rings. The fourth-order valence-corrected chi connectivity index (χ4v) is 5.30. The molecule has 0 unspecified atom stereocenters. The summed E-state index contributed by atoms with van der Waals surface area (Å²) in [5, 5.41) is 10.2. The van der Waals surface area contributed by atoms with Gasteiger partial charge in [0.2, 0.25) is 5.91 Å². The van der Waals surface area contributed by atoms with Crippen molar-refractivity contribution >= 4 is 35.3 Å². The summed E-state index contributed by atoms with van der Waals surface area (Å²) in [6.07, 6.45) is -1.39. The lowest BCUT2D eigenvalue weighted by atomic mass is 9.97. The number of likely N-dealkylation sites (tertiary alicyclic amines) is 1. The first-order valence-corrected chi connectivity index (χ1v) is 12.2. The van der Waals surface area contributed by atoms with Crippen LogP contribution in [0.3, 0.4) is 0 Å². The highest BCUT2D eigenvalue weighted by atomic mass is 35.5. The molecule has 0 atom stereocenters. The first kappa shape index (κ1) is 27.7. The Labute approximate surface area is 223 Å². The van der Waals surface area contributed by atoms with Gasteiger partial charge in [0.05, 0.1) is 19.0 Å². The normalized spacial score (nSPS) is 16.7. The van der Waals surface area contributed by atoms with Gasteiger partial charge in [0, 0.05) is 30.4 Å². The summed E-state index contributed by atoms with van der Waals surface area (Å²) in [7, 11) is 0. The van der Waals surface area contributed by atoms with Gasteiger partial charge in [0.15, 0.2) is 0 Å². The van der Waals surface area contributed by atoms with E-state index in [0.29, 0.717) is 51.0 Å². The molecule has 1 amide bonds. The second-order valence-electron chi connectivity index (χ2n) is 9.54. The molecule has 2 aliphatic rings. The summed E-state index contributed by atoms with van der Waals surface area (Å²) in [5.41, 5.74) is 3.36. The van der Waals surface area contributed by atoms with E-state index in [4.69, 9.17) is 0 Å². The van der Waals surface area contributed by atoms with Crippen LogP contribution in [0.2, 0.25) is 0 Å². The number of carboxylic acid groups (broad SMARTS) is 1. The number of hydrogen-bond acceptors (Lipinski definition) is 5. The topological polar surface area (TPSA) is 87.9 Å². The van der Waals surface area contributed by atoms with Crippen molar-refractivity contribution in [1.82, 2.24) is 19.4 Å². The number of carbonyl (C=O) groups excluding carboxylic acids is 1. The predicted molar refractivity (Wildman–Crippen MR) is 135 cm³/mol. The van der Waals surface area contributed by atoms with Gasteiger partial charge >= 0.3 is 12.3 Å². The van der Waals surface area contributed by atoms with Crippen LogP contribution in [-0.2, 0) is 29.1 Å². The molecule has 1 aromatic carbocycles. The third kappa shape index (κ3) is 6.05. The highest BCUT2D eigenvalue weighted by Gasteiger charge is 2.32. The number of nitrogens with zero attached hydrogens (tertiary/aromatic N) is 4. The first-order valence-electron chi connectivity index (χ1n) is 12.2. The Morgan fingerprint density at radius 3 is 2.58 bits per heavy atom. The van der Waals surface area contributed by atoms with E-state index in [0.717, 1.165) is 22.3 Å². The number of ether oxygens (including phenoxy) is 1. The number of fused-ring (bicyclic) bond motifs is 3. The molecule has 1 fully saturated rings. The van der Waals surface area contributed by atoms with Crippen LogP contribution in [0.5, 0.6) is 5.75 Å². The van der Waals surface area contributed by atoms with Crippen LogP contribution in [0.1, 0.15) is 29.7 Å². The van der Waals surface area contributed by atoms with Crippen molar-refractivity contribution < 1.29 is 32.6 Å². The molecule has 1 N–H and O–H groups in total. The molecule has 0 radical (unpaired) electrons. The van der Waals surface area contributed by atoms with Crippen LogP contribution in [0.4, 0.5) is 13.2 Å². The Bertz CT molecular complexity index is 1320. The number of hydrogen-bond donors (Lipinski definition) is 1. The molecular weight excluding hydrogens is 525 g/mol. The fourth-order valence-electron chi connectivity index (χ4n) is 5.30. The van der Waals surface area contributed by atoms with Gasteiger partial charge in [0.25, 0.3) is 0 Å². The Morgan fingerprint density at radius 2 is 1.87 bits per heavy atom. The molecule has 204 valence electrons. The van der Waals surface area contributed by atoms with E-state index >= 15 is 0 Å². The van der Waals surface area contributed by atoms with Crippen molar-refractivity contribution in [3.05, 3.63) is 59.4 Å². The van der Waals surface area contributed by atoms with Gasteiger partial charge in [-0.15, -0.1) is 25.6 Å². The number of aliphatic carboxylic acids is 1. The van der Waals surface area contributed by atoms with Gasteiger partial charge in [-0.25, -0.2) is 4.98 Å². The first-order chi connectivity index (χ1) is 17.7. The van der Waals surface area contributed by atoms with Crippen molar-refractivity contribution in [2.75, 3.05) is 26.2 Å². The SMILES string of the molecule is Cl.O=C(O)C1CCN(CC(=O)N2CCc3c(n(Cc4cccc(OC(F)(F)F)c4)c4ncccc34)C2)CC1. The minimum absolute atomic E-state index is 0. The number of carbonyl (C=O) groups is 2. The molecule has 0 bridgehead atoms. The van der Waals surface area contributed by atoms with Crippen molar-refractivity contribution in [1.29, 1.82) is 0 Å². The maximum atomic E-state index is 13.2. The van der Waals surface area contributed by atoms with Crippen molar-refractivity contribution in [2.45, 2.75) is 38.7 Å². The summed E-state index contributed by atoms with van der Waals surface area (Å²) in [6.45, 7) is 2.58. The highest BCUT2D eigenvalue weighted by molar-refractivity contribution is 5.85. The maximum Gasteiger partial charge on any atom is 0.573 e. The Kier molecular flexibility index (Phi) is 8.17. The predicted octanol–water partition coefficient (Wildman–Crippen LogP) is 4.09. The Hall–Kier alpha value is -3.31. The standard InChI is InChI=1S/C26H27F3N4O4.ClH/c27-26(28,29)37-19-4-1-3-17(13-19)14-33-22-15-32(12-8-20(22)21-5-2-9-30-24(21)33)23(34)16-31-10-6-18(7-11-31)25(35)36;/h1-5,9,13,18H,6-8,10-12,14-16H2,(H,35,36);1H. The average Bonchev–Trinajstić information content (AvgIpc) is 3.16.